The first-order chi connectivity index (χ1) is 10.4. The molecule has 0 radical (unpaired) electrons. The van der Waals surface area contributed by atoms with Crippen LogP contribution in [0.25, 0.3) is 0 Å². The van der Waals surface area contributed by atoms with Crippen molar-refractivity contribution in [2.24, 2.45) is 0 Å². The van der Waals surface area contributed by atoms with Crippen molar-refractivity contribution in [1.29, 1.82) is 0 Å². The molecule has 0 aliphatic carbocycles. The Morgan fingerprint density at radius 3 is 2.68 bits per heavy atom. The van der Waals surface area contributed by atoms with Crippen molar-refractivity contribution in [3.63, 3.8) is 0 Å². The number of rotatable bonds is 6. The summed E-state index contributed by atoms with van der Waals surface area (Å²) < 4.78 is 5.77. The van der Waals surface area contributed by atoms with Gasteiger partial charge >= 0.3 is 0 Å². The Hall–Kier alpha value is -1.88. The number of carbonyl (C=O) groups excluding carboxylic acids is 2. The molecule has 0 N–H and O–H groups in total. The largest absolute Gasteiger partial charge is 0.478 e. The van der Waals surface area contributed by atoms with Crippen molar-refractivity contribution in [2.75, 3.05) is 32.1 Å². The second-order valence-corrected chi connectivity index (χ2v) is 5.90. The topological polar surface area (TPSA) is 49.9 Å². The summed E-state index contributed by atoms with van der Waals surface area (Å²) in [5.74, 6) is 0.650. The summed E-state index contributed by atoms with van der Waals surface area (Å²) in [5.41, 5.74) is 1.31. The van der Waals surface area contributed by atoms with Gasteiger partial charge in [-0.25, -0.2) is 0 Å². The minimum absolute atomic E-state index is 0.0129. The number of anilines is 1. The lowest BCUT2D eigenvalue weighted by molar-refractivity contribution is -0.126. The van der Waals surface area contributed by atoms with E-state index in [4.69, 9.17) is 4.74 Å². The van der Waals surface area contributed by atoms with Gasteiger partial charge in [-0.05, 0) is 58.6 Å². The van der Waals surface area contributed by atoms with E-state index in [0.29, 0.717) is 30.0 Å². The average molecular weight is 304 g/mol. The SMILES string of the molecule is CC[C@H]1Oc2ccc(C(C)=O)cc2N(CCCN(C)C)C1=O. The highest BCUT2D eigenvalue weighted by atomic mass is 16.5. The smallest absolute Gasteiger partial charge is 0.268 e. The van der Waals surface area contributed by atoms with Gasteiger partial charge in [-0.3, -0.25) is 9.59 Å². The van der Waals surface area contributed by atoms with Crippen molar-refractivity contribution in [3.8, 4) is 5.75 Å². The first-order valence-electron chi connectivity index (χ1n) is 7.71. The molecule has 0 aromatic heterocycles. The first-order valence-corrected chi connectivity index (χ1v) is 7.71. The summed E-state index contributed by atoms with van der Waals surface area (Å²) in [6, 6.07) is 5.30. The number of amides is 1. The highest BCUT2D eigenvalue weighted by Gasteiger charge is 2.33. The van der Waals surface area contributed by atoms with E-state index in [1.165, 1.54) is 6.92 Å². The molecule has 0 bridgehead atoms. The lowest BCUT2D eigenvalue weighted by Crippen LogP contribution is -2.46. The molecular formula is C17H24N2O3. The predicted molar refractivity (Wildman–Crippen MR) is 86.7 cm³/mol. The zero-order valence-electron chi connectivity index (χ0n) is 13.8. The van der Waals surface area contributed by atoms with Crippen LogP contribution in [0.1, 0.15) is 37.0 Å². The molecule has 1 aliphatic heterocycles. The highest BCUT2D eigenvalue weighted by molar-refractivity contribution is 6.02. The fourth-order valence-corrected chi connectivity index (χ4v) is 2.58. The zero-order chi connectivity index (χ0) is 16.3. The molecule has 120 valence electrons. The molecule has 1 amide bonds. The molecule has 1 heterocycles. The number of fused-ring (bicyclic) bond motifs is 1. The quantitative estimate of drug-likeness (QED) is 0.757. The van der Waals surface area contributed by atoms with Crippen molar-refractivity contribution in [1.82, 2.24) is 4.90 Å². The maximum Gasteiger partial charge on any atom is 0.268 e. The van der Waals surface area contributed by atoms with Crippen LogP contribution in [0.3, 0.4) is 0 Å². The highest BCUT2D eigenvalue weighted by Crippen LogP contribution is 2.35. The second-order valence-electron chi connectivity index (χ2n) is 5.90. The summed E-state index contributed by atoms with van der Waals surface area (Å²) >= 11 is 0. The molecule has 0 spiro atoms. The van der Waals surface area contributed by atoms with E-state index in [0.717, 1.165) is 13.0 Å². The summed E-state index contributed by atoms with van der Waals surface area (Å²) in [7, 11) is 4.02. The Bertz CT molecular complexity index is 569. The molecule has 1 aromatic rings. The van der Waals surface area contributed by atoms with Crippen molar-refractivity contribution < 1.29 is 14.3 Å². The van der Waals surface area contributed by atoms with Crippen LogP contribution >= 0.6 is 0 Å². The average Bonchev–Trinajstić information content (AvgIpc) is 2.48. The van der Waals surface area contributed by atoms with E-state index < -0.39 is 6.10 Å². The summed E-state index contributed by atoms with van der Waals surface area (Å²) in [5, 5.41) is 0. The van der Waals surface area contributed by atoms with Gasteiger partial charge in [0.25, 0.3) is 5.91 Å². The van der Waals surface area contributed by atoms with Gasteiger partial charge < -0.3 is 14.5 Å². The first kappa shape index (κ1) is 16.5. The molecule has 0 saturated heterocycles. The summed E-state index contributed by atoms with van der Waals surface area (Å²) in [6.07, 6.45) is 1.07. The Morgan fingerprint density at radius 1 is 1.36 bits per heavy atom. The molecule has 1 atom stereocenters. The van der Waals surface area contributed by atoms with Gasteiger partial charge in [0.15, 0.2) is 11.9 Å². The maximum absolute atomic E-state index is 12.6. The van der Waals surface area contributed by atoms with Crippen LogP contribution in [0, 0.1) is 0 Å². The number of ether oxygens (including phenoxy) is 1. The zero-order valence-corrected chi connectivity index (χ0v) is 13.8. The van der Waals surface area contributed by atoms with Crippen molar-refractivity contribution >= 4 is 17.4 Å². The Balaban J connectivity index is 2.31. The lowest BCUT2D eigenvalue weighted by Gasteiger charge is -2.34. The molecule has 5 nitrogen and oxygen atoms in total. The lowest BCUT2D eigenvalue weighted by atomic mass is 10.1. The van der Waals surface area contributed by atoms with Gasteiger partial charge in [0.05, 0.1) is 5.69 Å². The van der Waals surface area contributed by atoms with Crippen LogP contribution in [-0.4, -0.2) is 49.9 Å². The third-order valence-corrected chi connectivity index (χ3v) is 3.82. The Kier molecular flexibility index (Phi) is 5.19. The minimum atomic E-state index is -0.435. The summed E-state index contributed by atoms with van der Waals surface area (Å²) in [4.78, 5) is 28.0. The monoisotopic (exact) mass is 304 g/mol. The maximum atomic E-state index is 12.6. The third kappa shape index (κ3) is 3.47. The van der Waals surface area contributed by atoms with Crippen LogP contribution in [0.2, 0.25) is 0 Å². The van der Waals surface area contributed by atoms with Gasteiger partial charge in [-0.15, -0.1) is 0 Å². The van der Waals surface area contributed by atoms with E-state index in [-0.39, 0.29) is 11.7 Å². The molecule has 5 heteroatoms. The minimum Gasteiger partial charge on any atom is -0.478 e. The van der Waals surface area contributed by atoms with Crippen LogP contribution in [-0.2, 0) is 4.79 Å². The molecule has 0 saturated carbocycles. The number of hydrogen-bond acceptors (Lipinski definition) is 4. The molecule has 1 aromatic carbocycles. The van der Waals surface area contributed by atoms with Gasteiger partial charge in [0.1, 0.15) is 5.75 Å². The van der Waals surface area contributed by atoms with Gasteiger partial charge in [-0.2, -0.15) is 0 Å². The normalized spacial score (nSPS) is 17.4. The molecule has 22 heavy (non-hydrogen) atoms. The van der Waals surface area contributed by atoms with Crippen molar-refractivity contribution in [2.45, 2.75) is 32.8 Å². The van der Waals surface area contributed by atoms with E-state index in [1.54, 1.807) is 23.1 Å². The van der Waals surface area contributed by atoms with E-state index >= 15 is 0 Å². The van der Waals surface area contributed by atoms with E-state index in [9.17, 15) is 9.59 Å². The molecule has 2 rings (SSSR count). The number of Topliss-reactive ketones (excluding diaryl/α,β-unsaturated/α-hetero) is 1. The number of nitrogens with zero attached hydrogens (tertiary/aromatic N) is 2. The van der Waals surface area contributed by atoms with Crippen LogP contribution in [0.5, 0.6) is 5.75 Å². The van der Waals surface area contributed by atoms with Gasteiger partial charge in [-0.1, -0.05) is 6.92 Å². The Morgan fingerprint density at radius 2 is 2.09 bits per heavy atom. The van der Waals surface area contributed by atoms with Gasteiger partial charge in [0.2, 0.25) is 0 Å². The number of hydrogen-bond donors (Lipinski definition) is 0. The van der Waals surface area contributed by atoms with Crippen LogP contribution in [0.4, 0.5) is 5.69 Å². The van der Waals surface area contributed by atoms with Crippen LogP contribution in [0.15, 0.2) is 18.2 Å². The standard InChI is InChI=1S/C17H24N2O3/c1-5-15-17(21)19(10-6-9-18(3)4)14-11-13(12(2)20)7-8-16(14)22-15/h7-8,11,15H,5-6,9-10H2,1-4H3/t15-/m1/s1. The number of carbonyl (C=O) groups is 2. The van der Waals surface area contributed by atoms with Crippen LogP contribution < -0.4 is 9.64 Å². The molecule has 1 aliphatic rings. The Labute approximate surface area is 131 Å². The fraction of sp³-hybridized carbons (Fsp3) is 0.529. The molecule has 0 unspecified atom stereocenters. The predicted octanol–water partition coefficient (Wildman–Crippen LogP) is 2.34. The van der Waals surface area contributed by atoms with E-state index in [2.05, 4.69) is 4.90 Å². The van der Waals surface area contributed by atoms with E-state index in [1.807, 2.05) is 21.0 Å². The molecular weight excluding hydrogens is 280 g/mol. The number of benzene rings is 1. The fourth-order valence-electron chi connectivity index (χ4n) is 2.58. The molecule has 0 fully saturated rings. The second kappa shape index (κ2) is 6.92. The van der Waals surface area contributed by atoms with Gasteiger partial charge in [0, 0.05) is 12.1 Å². The third-order valence-electron chi connectivity index (χ3n) is 3.82. The van der Waals surface area contributed by atoms with Crippen molar-refractivity contribution in [3.05, 3.63) is 23.8 Å². The number of ketones is 1. The summed E-state index contributed by atoms with van der Waals surface area (Å²) in [6.45, 7) is 5.00.